The van der Waals surface area contributed by atoms with Gasteiger partial charge in [-0.15, -0.1) is 0 Å². The predicted octanol–water partition coefficient (Wildman–Crippen LogP) is 2.57. The molecule has 1 aromatic carbocycles. The summed E-state index contributed by atoms with van der Waals surface area (Å²) in [6.07, 6.45) is 4.26. The molecule has 0 aliphatic carbocycles. The Kier molecular flexibility index (Phi) is 6.67. The summed E-state index contributed by atoms with van der Waals surface area (Å²) in [5.41, 5.74) is 3.97. The molecule has 0 spiro atoms. The number of nitriles is 1. The van der Waals surface area contributed by atoms with Gasteiger partial charge in [0.15, 0.2) is 5.65 Å². The zero-order valence-corrected chi connectivity index (χ0v) is 23.5. The number of aromatic nitrogens is 3. The number of nitrogens with zero attached hydrogens (tertiary/aromatic N) is 7. The average molecular weight is 564 g/mol. The molecule has 0 radical (unpaired) electrons. The van der Waals surface area contributed by atoms with Gasteiger partial charge in [0, 0.05) is 44.0 Å². The Bertz CT molecular complexity index is 1630. The molecule has 0 saturated carbocycles. The first-order valence-corrected chi connectivity index (χ1v) is 15.4. The molecule has 3 aromatic rings. The van der Waals surface area contributed by atoms with Crippen LogP contribution in [0.4, 0.5) is 11.5 Å². The van der Waals surface area contributed by atoms with Gasteiger partial charge in [-0.1, -0.05) is 11.6 Å². The summed E-state index contributed by atoms with van der Waals surface area (Å²) in [5.74, 6) is 0.149. The van der Waals surface area contributed by atoms with Crippen molar-refractivity contribution in [3.8, 4) is 6.07 Å². The molecule has 1 N–H and O–H groups in total. The number of fused-ring (bicyclic) bond motifs is 1. The highest BCUT2D eigenvalue weighted by Crippen LogP contribution is 2.36. The zero-order valence-electron chi connectivity index (χ0n) is 22.7. The molecule has 3 aliphatic heterocycles. The van der Waals surface area contributed by atoms with Gasteiger partial charge in [0.05, 0.1) is 46.8 Å². The third kappa shape index (κ3) is 4.57. The molecule has 40 heavy (non-hydrogen) atoms. The van der Waals surface area contributed by atoms with Crippen LogP contribution in [0.25, 0.3) is 5.65 Å². The lowest BCUT2D eigenvalue weighted by molar-refractivity contribution is 0.0606. The number of carbonyl (C=O) groups excluding carboxylic acids is 1. The quantitative estimate of drug-likeness (QED) is 0.512. The van der Waals surface area contributed by atoms with Gasteiger partial charge in [0.25, 0.3) is 5.91 Å². The predicted molar refractivity (Wildman–Crippen MR) is 150 cm³/mol. The van der Waals surface area contributed by atoms with Crippen molar-refractivity contribution in [2.24, 2.45) is 5.92 Å². The van der Waals surface area contributed by atoms with Crippen LogP contribution in [0.3, 0.4) is 0 Å². The number of likely N-dealkylation sites (tertiary alicyclic amines) is 1. The van der Waals surface area contributed by atoms with Crippen LogP contribution in [0.15, 0.2) is 30.5 Å². The summed E-state index contributed by atoms with van der Waals surface area (Å²) in [6.45, 7) is 5.52. The van der Waals surface area contributed by atoms with Gasteiger partial charge in [-0.3, -0.25) is 9.10 Å². The maximum atomic E-state index is 14.1. The first-order chi connectivity index (χ1) is 19.2. The van der Waals surface area contributed by atoms with Crippen molar-refractivity contribution in [3.05, 3.63) is 52.8 Å². The van der Waals surface area contributed by atoms with Crippen LogP contribution in [0.5, 0.6) is 0 Å². The van der Waals surface area contributed by atoms with Gasteiger partial charge >= 0.3 is 0 Å². The van der Waals surface area contributed by atoms with Crippen molar-refractivity contribution in [2.75, 3.05) is 41.1 Å². The lowest BCUT2D eigenvalue weighted by Crippen LogP contribution is -2.39. The van der Waals surface area contributed by atoms with E-state index in [4.69, 9.17) is 10.1 Å². The minimum Gasteiger partial charge on any atom is -0.390 e. The Morgan fingerprint density at radius 2 is 1.95 bits per heavy atom. The lowest BCUT2D eigenvalue weighted by Gasteiger charge is -2.35. The largest absolute Gasteiger partial charge is 0.390 e. The fraction of sp³-hybridized carbons (Fsp3) is 0.500. The number of hydrogen-bond acceptors (Lipinski definition) is 8. The summed E-state index contributed by atoms with van der Waals surface area (Å²) in [6, 6.07) is 9.17. The molecule has 210 valence electrons. The number of anilines is 2. The molecule has 11 nitrogen and oxygen atoms in total. The lowest BCUT2D eigenvalue weighted by atomic mass is 9.97. The van der Waals surface area contributed by atoms with E-state index >= 15 is 0 Å². The third-order valence-electron chi connectivity index (χ3n) is 8.23. The molecule has 3 atom stereocenters. The van der Waals surface area contributed by atoms with E-state index in [1.807, 2.05) is 42.0 Å². The van der Waals surface area contributed by atoms with Crippen LogP contribution in [-0.4, -0.2) is 77.0 Å². The summed E-state index contributed by atoms with van der Waals surface area (Å²) in [7, 11) is -3.45. The molecule has 1 amide bonds. The van der Waals surface area contributed by atoms with Crippen LogP contribution in [-0.2, 0) is 10.0 Å². The molecule has 5 heterocycles. The van der Waals surface area contributed by atoms with Crippen molar-refractivity contribution in [3.63, 3.8) is 0 Å². The minimum absolute atomic E-state index is 0.0874. The Hall–Kier alpha value is -3.69. The van der Waals surface area contributed by atoms with E-state index in [-0.39, 0.29) is 17.7 Å². The van der Waals surface area contributed by atoms with Crippen molar-refractivity contribution < 1.29 is 18.3 Å². The first kappa shape index (κ1) is 26.5. The van der Waals surface area contributed by atoms with Gasteiger partial charge in [-0.2, -0.15) is 10.4 Å². The molecule has 0 unspecified atom stereocenters. The van der Waals surface area contributed by atoms with E-state index in [0.29, 0.717) is 55.3 Å². The standard InChI is InChI=1S/C28H33N7O4S/c1-18-7-8-23(35-10-5-11-40(35,38)39)21(12-18)28(37)33-9-4-3-6-24(33)22-13-26-30-27(19(2)15-34(26)31-22)32-16-20(14-29)25(36)17-32/h7-8,12-13,15,20,24-25,36H,3-6,9-11,16-17H2,1-2H3/t20-,24+,25+/m1/s1. The van der Waals surface area contributed by atoms with E-state index in [1.54, 1.807) is 16.6 Å². The molecular formula is C28H33N7O4S. The van der Waals surface area contributed by atoms with Crippen LogP contribution in [0, 0.1) is 31.1 Å². The second kappa shape index (κ2) is 10.1. The summed E-state index contributed by atoms with van der Waals surface area (Å²) in [5, 5.41) is 24.4. The normalized spacial score (nSPS) is 24.6. The smallest absolute Gasteiger partial charge is 0.256 e. The van der Waals surface area contributed by atoms with Crippen molar-refractivity contribution in [1.29, 1.82) is 5.26 Å². The average Bonchev–Trinajstić information content (AvgIpc) is 3.63. The summed E-state index contributed by atoms with van der Waals surface area (Å²) in [4.78, 5) is 22.7. The zero-order chi connectivity index (χ0) is 28.2. The highest BCUT2D eigenvalue weighted by molar-refractivity contribution is 7.93. The number of aliphatic hydroxyl groups excluding tert-OH is 1. The minimum atomic E-state index is -3.45. The van der Waals surface area contributed by atoms with Crippen LogP contribution in [0.2, 0.25) is 0 Å². The Morgan fingerprint density at radius 3 is 2.67 bits per heavy atom. The van der Waals surface area contributed by atoms with E-state index in [9.17, 15) is 23.6 Å². The second-order valence-electron chi connectivity index (χ2n) is 11.1. The first-order valence-electron chi connectivity index (χ1n) is 13.8. The number of sulfonamides is 1. The van der Waals surface area contributed by atoms with Crippen LogP contribution in [0.1, 0.15) is 58.9 Å². The Labute approximate surface area is 233 Å². The van der Waals surface area contributed by atoms with Crippen LogP contribution < -0.4 is 9.21 Å². The maximum Gasteiger partial charge on any atom is 0.256 e. The second-order valence-corrected chi connectivity index (χ2v) is 13.1. The highest BCUT2D eigenvalue weighted by atomic mass is 32.2. The van der Waals surface area contributed by atoms with E-state index < -0.39 is 22.0 Å². The third-order valence-corrected chi connectivity index (χ3v) is 10.1. The molecule has 2 aromatic heterocycles. The van der Waals surface area contributed by atoms with E-state index in [1.165, 1.54) is 4.31 Å². The van der Waals surface area contributed by atoms with Gasteiger partial charge in [-0.25, -0.2) is 17.9 Å². The van der Waals surface area contributed by atoms with Crippen LogP contribution >= 0.6 is 0 Å². The number of carbonyl (C=O) groups is 1. The fourth-order valence-corrected chi connectivity index (χ4v) is 7.75. The number of piperidine rings is 1. The number of rotatable bonds is 4. The van der Waals surface area contributed by atoms with Crippen molar-refractivity contribution >= 4 is 33.1 Å². The monoisotopic (exact) mass is 563 g/mol. The Morgan fingerprint density at radius 1 is 1.12 bits per heavy atom. The van der Waals surface area contributed by atoms with Gasteiger partial charge < -0.3 is 14.9 Å². The Balaban J connectivity index is 1.34. The number of benzene rings is 1. The molecule has 12 heteroatoms. The summed E-state index contributed by atoms with van der Waals surface area (Å²) < 4.78 is 28.6. The van der Waals surface area contributed by atoms with Gasteiger partial charge in [0.1, 0.15) is 5.82 Å². The number of aliphatic hydroxyl groups is 1. The molecule has 3 saturated heterocycles. The number of β-amino-alcohol motifs (C(OH)–C–C–N with tert-alkyl or cyclic N) is 1. The molecule has 6 rings (SSSR count). The molecular weight excluding hydrogens is 530 g/mol. The van der Waals surface area contributed by atoms with E-state index in [2.05, 4.69) is 6.07 Å². The number of hydrogen-bond donors (Lipinski definition) is 1. The topological polar surface area (TPSA) is 135 Å². The molecule has 0 bridgehead atoms. The van der Waals surface area contributed by atoms with E-state index in [0.717, 1.165) is 36.1 Å². The summed E-state index contributed by atoms with van der Waals surface area (Å²) >= 11 is 0. The number of amides is 1. The van der Waals surface area contributed by atoms with Gasteiger partial charge in [-0.05, 0) is 51.7 Å². The highest BCUT2D eigenvalue weighted by Gasteiger charge is 2.36. The molecule has 3 fully saturated rings. The fourth-order valence-electron chi connectivity index (χ4n) is 6.17. The van der Waals surface area contributed by atoms with Crippen molar-refractivity contribution in [1.82, 2.24) is 19.5 Å². The maximum absolute atomic E-state index is 14.1. The van der Waals surface area contributed by atoms with Gasteiger partial charge in [0.2, 0.25) is 10.0 Å². The SMILES string of the molecule is Cc1ccc(N2CCCS2(=O)=O)c(C(=O)N2CCCC[C@H]2c2cc3nc(N4C[C@@H](C#N)[C@@H](O)C4)c(C)cn3n2)c1. The molecule has 3 aliphatic rings. The number of aryl methyl sites for hydroxylation is 2. The van der Waals surface area contributed by atoms with Crippen molar-refractivity contribution in [2.45, 2.75) is 51.7 Å².